The summed E-state index contributed by atoms with van der Waals surface area (Å²) in [5, 5.41) is 17.5. The Labute approximate surface area is 145 Å². The molecule has 8 heteroatoms. The number of hydrogen-bond donors (Lipinski definition) is 3. The first-order chi connectivity index (χ1) is 12.1. The Bertz CT molecular complexity index is 920. The molecule has 130 valence electrons. The van der Waals surface area contributed by atoms with Gasteiger partial charge >= 0.3 is 6.03 Å². The Kier molecular flexibility index (Phi) is 3.87. The third kappa shape index (κ3) is 2.95. The van der Waals surface area contributed by atoms with Crippen LogP contribution in [0.3, 0.4) is 0 Å². The third-order valence-corrected chi connectivity index (χ3v) is 4.43. The molecule has 25 heavy (non-hydrogen) atoms. The topological polar surface area (TPSA) is 98.8 Å². The lowest BCUT2D eigenvalue weighted by atomic mass is 10.1. The Balaban J connectivity index is 1.60. The molecule has 3 N–H and O–H groups in total. The first-order valence-electron chi connectivity index (χ1n) is 8.51. The smallest absolute Gasteiger partial charge is 0.315 e. The van der Waals surface area contributed by atoms with Crippen LogP contribution in [0, 0.1) is 0 Å². The minimum Gasteiger partial charge on any atom is -0.352 e. The van der Waals surface area contributed by atoms with Crippen LogP contribution in [-0.2, 0) is 0 Å². The van der Waals surface area contributed by atoms with E-state index in [-0.39, 0.29) is 18.1 Å². The van der Waals surface area contributed by atoms with E-state index < -0.39 is 0 Å². The number of urea groups is 1. The largest absolute Gasteiger partial charge is 0.352 e. The normalized spacial score (nSPS) is 17.6. The highest BCUT2D eigenvalue weighted by atomic mass is 16.2. The van der Waals surface area contributed by atoms with Gasteiger partial charge in [0.1, 0.15) is 5.65 Å². The van der Waals surface area contributed by atoms with Crippen molar-refractivity contribution in [3.05, 3.63) is 24.7 Å². The second kappa shape index (κ2) is 6.19. The molecule has 0 bridgehead atoms. The number of pyridine rings is 1. The van der Waals surface area contributed by atoms with Crippen molar-refractivity contribution in [1.82, 2.24) is 30.8 Å². The van der Waals surface area contributed by atoms with E-state index in [1.165, 1.54) is 0 Å². The minimum atomic E-state index is -0.122. The summed E-state index contributed by atoms with van der Waals surface area (Å²) in [6.07, 6.45) is 6.31. The van der Waals surface area contributed by atoms with E-state index in [0.717, 1.165) is 40.6 Å². The summed E-state index contributed by atoms with van der Waals surface area (Å²) in [6.45, 7) is 5.44. The molecule has 0 aromatic carbocycles. The molecular formula is C17H21N7O. The van der Waals surface area contributed by atoms with Crippen LogP contribution < -0.4 is 15.5 Å². The molecule has 1 fully saturated rings. The van der Waals surface area contributed by atoms with E-state index in [1.807, 2.05) is 32.3 Å². The molecule has 0 spiro atoms. The number of H-pyrrole nitrogens is 1. The zero-order chi connectivity index (χ0) is 17.4. The Morgan fingerprint density at radius 1 is 1.40 bits per heavy atom. The number of carbonyl (C=O) groups excluding carboxylic acids is 1. The lowest BCUT2D eigenvalue weighted by molar-refractivity contribution is 0.235. The number of hydrogen-bond acceptors (Lipinski definition) is 5. The fraction of sp³-hybridized carbons (Fsp3) is 0.412. The Hall–Kier alpha value is -2.90. The van der Waals surface area contributed by atoms with Gasteiger partial charge in [-0.15, -0.1) is 5.10 Å². The van der Waals surface area contributed by atoms with Gasteiger partial charge in [0.2, 0.25) is 0 Å². The van der Waals surface area contributed by atoms with E-state index in [2.05, 4.69) is 35.7 Å². The zero-order valence-electron chi connectivity index (χ0n) is 14.3. The van der Waals surface area contributed by atoms with Gasteiger partial charge in [0, 0.05) is 53.7 Å². The van der Waals surface area contributed by atoms with Crippen molar-refractivity contribution in [2.75, 3.05) is 18.0 Å². The van der Waals surface area contributed by atoms with Crippen molar-refractivity contribution in [2.45, 2.75) is 32.4 Å². The first-order valence-corrected chi connectivity index (χ1v) is 8.51. The predicted molar refractivity (Wildman–Crippen MR) is 96.6 cm³/mol. The second-order valence-corrected chi connectivity index (χ2v) is 6.70. The number of amides is 2. The molecule has 1 atom stereocenters. The summed E-state index contributed by atoms with van der Waals surface area (Å²) in [6, 6.07) is 2.11. The van der Waals surface area contributed by atoms with Gasteiger partial charge in [0.25, 0.3) is 0 Å². The number of rotatable bonds is 3. The molecule has 1 aliphatic heterocycles. The molecule has 1 saturated heterocycles. The molecule has 0 aliphatic carbocycles. The average molecular weight is 339 g/mol. The number of nitrogens with zero attached hydrogens (tertiary/aromatic N) is 4. The number of fused-ring (bicyclic) bond motifs is 3. The fourth-order valence-corrected chi connectivity index (χ4v) is 3.35. The van der Waals surface area contributed by atoms with E-state index in [1.54, 1.807) is 6.20 Å². The van der Waals surface area contributed by atoms with Gasteiger partial charge in [-0.05, 0) is 26.3 Å². The molecule has 4 heterocycles. The second-order valence-electron chi connectivity index (χ2n) is 6.70. The summed E-state index contributed by atoms with van der Waals surface area (Å²) in [5.74, 6) is 0.845. The number of nitrogens with one attached hydrogen (secondary N) is 3. The van der Waals surface area contributed by atoms with Crippen molar-refractivity contribution in [2.24, 2.45) is 0 Å². The van der Waals surface area contributed by atoms with Crippen LogP contribution in [0.2, 0.25) is 0 Å². The minimum absolute atomic E-state index is 0.0966. The number of aromatic nitrogens is 4. The molecular weight excluding hydrogens is 318 g/mol. The molecule has 0 saturated carbocycles. The molecule has 8 nitrogen and oxygen atoms in total. The van der Waals surface area contributed by atoms with Crippen LogP contribution in [0.15, 0.2) is 24.7 Å². The Morgan fingerprint density at radius 2 is 2.28 bits per heavy atom. The summed E-state index contributed by atoms with van der Waals surface area (Å²) in [5.41, 5.74) is 0.840. The monoisotopic (exact) mass is 339 g/mol. The maximum Gasteiger partial charge on any atom is 0.315 e. The third-order valence-electron chi connectivity index (χ3n) is 4.43. The summed E-state index contributed by atoms with van der Waals surface area (Å²) >= 11 is 0. The summed E-state index contributed by atoms with van der Waals surface area (Å²) < 4.78 is 0. The average Bonchev–Trinajstić information content (AvgIpc) is 3.22. The van der Waals surface area contributed by atoms with Gasteiger partial charge < -0.3 is 20.5 Å². The predicted octanol–water partition coefficient (Wildman–Crippen LogP) is 1.79. The van der Waals surface area contributed by atoms with E-state index in [0.29, 0.717) is 6.54 Å². The van der Waals surface area contributed by atoms with Gasteiger partial charge in [-0.3, -0.25) is 0 Å². The summed E-state index contributed by atoms with van der Waals surface area (Å²) in [4.78, 5) is 21.7. The van der Waals surface area contributed by atoms with Gasteiger partial charge in [-0.2, -0.15) is 5.10 Å². The fourth-order valence-electron chi connectivity index (χ4n) is 3.35. The van der Waals surface area contributed by atoms with Crippen molar-refractivity contribution >= 4 is 33.7 Å². The number of carbonyl (C=O) groups is 1. The lowest BCUT2D eigenvalue weighted by Gasteiger charge is -2.19. The van der Waals surface area contributed by atoms with E-state index >= 15 is 0 Å². The molecule has 1 unspecified atom stereocenters. The molecule has 3 aromatic rings. The van der Waals surface area contributed by atoms with Crippen LogP contribution in [0.1, 0.15) is 20.3 Å². The van der Waals surface area contributed by atoms with Crippen LogP contribution in [0.4, 0.5) is 10.6 Å². The van der Waals surface area contributed by atoms with Gasteiger partial charge in [-0.25, -0.2) is 9.78 Å². The van der Waals surface area contributed by atoms with Crippen LogP contribution in [0.5, 0.6) is 0 Å². The molecule has 1 aliphatic rings. The van der Waals surface area contributed by atoms with Crippen LogP contribution in [0.25, 0.3) is 21.8 Å². The Morgan fingerprint density at radius 3 is 3.12 bits per heavy atom. The van der Waals surface area contributed by atoms with Crippen LogP contribution in [-0.4, -0.2) is 51.4 Å². The highest BCUT2D eigenvalue weighted by molar-refractivity contribution is 6.10. The van der Waals surface area contributed by atoms with E-state index in [4.69, 9.17) is 0 Å². The number of anilines is 1. The van der Waals surface area contributed by atoms with Crippen molar-refractivity contribution in [3.63, 3.8) is 0 Å². The van der Waals surface area contributed by atoms with Crippen LogP contribution >= 0.6 is 0 Å². The van der Waals surface area contributed by atoms with Crippen molar-refractivity contribution in [3.8, 4) is 0 Å². The van der Waals surface area contributed by atoms with Gasteiger partial charge in [0.05, 0.1) is 6.20 Å². The molecule has 2 amide bonds. The SMILES string of the molecule is CC(C)NC(=O)NC1CCN(c2nncc3cnc4[nH]ccc4c23)C1. The maximum atomic E-state index is 11.9. The quantitative estimate of drug-likeness (QED) is 0.676. The standard InChI is InChI=1S/C17H21N7O/c1-10(2)21-17(25)22-12-4-6-24(9-12)16-14-11(8-20-23-16)7-19-15-13(14)3-5-18-15/h3,5,7-8,10,12H,4,6,9H2,1-2H3,(H,18,19)(H2,21,22,25). The molecule has 0 radical (unpaired) electrons. The van der Waals surface area contributed by atoms with E-state index in [9.17, 15) is 4.79 Å². The highest BCUT2D eigenvalue weighted by Crippen LogP contribution is 2.31. The lowest BCUT2D eigenvalue weighted by Crippen LogP contribution is -2.45. The molecule has 4 rings (SSSR count). The van der Waals surface area contributed by atoms with Gasteiger partial charge in [-0.1, -0.05) is 0 Å². The number of aromatic amines is 1. The summed E-state index contributed by atoms with van der Waals surface area (Å²) in [7, 11) is 0. The van der Waals surface area contributed by atoms with Crippen molar-refractivity contribution in [1.29, 1.82) is 0 Å². The maximum absolute atomic E-state index is 11.9. The van der Waals surface area contributed by atoms with Gasteiger partial charge in [0.15, 0.2) is 5.82 Å². The first kappa shape index (κ1) is 15.6. The zero-order valence-corrected chi connectivity index (χ0v) is 14.3. The highest BCUT2D eigenvalue weighted by Gasteiger charge is 2.27. The van der Waals surface area contributed by atoms with Crippen molar-refractivity contribution < 1.29 is 4.79 Å². The molecule has 3 aromatic heterocycles.